The van der Waals surface area contributed by atoms with Gasteiger partial charge in [0.2, 0.25) is 0 Å². The van der Waals surface area contributed by atoms with E-state index in [9.17, 15) is 4.79 Å². The summed E-state index contributed by atoms with van der Waals surface area (Å²) in [7, 11) is 0. The molecule has 0 saturated carbocycles. The van der Waals surface area contributed by atoms with Gasteiger partial charge in [-0.1, -0.05) is 0 Å². The first-order chi connectivity index (χ1) is 7.24. The van der Waals surface area contributed by atoms with Crippen LogP contribution in [-0.4, -0.2) is 20.4 Å². The molecule has 2 aromatic heterocycles. The van der Waals surface area contributed by atoms with E-state index in [0.29, 0.717) is 11.1 Å². The molecule has 0 saturated heterocycles. The molecule has 5 heteroatoms. The second-order valence-electron chi connectivity index (χ2n) is 3.18. The topological polar surface area (TPSA) is 71.0 Å². The number of carbonyl (C=O) groups excluding carboxylic acids is 1. The predicted octanol–water partition coefficient (Wildman–Crippen LogP) is 1.07. The summed E-state index contributed by atoms with van der Waals surface area (Å²) in [5.41, 5.74) is 1.07. The van der Waals surface area contributed by atoms with E-state index < -0.39 is 5.92 Å². The van der Waals surface area contributed by atoms with Crippen molar-refractivity contribution in [2.45, 2.75) is 6.92 Å². The van der Waals surface area contributed by atoms with E-state index in [0.717, 1.165) is 0 Å². The summed E-state index contributed by atoms with van der Waals surface area (Å²) >= 11 is 0. The van der Waals surface area contributed by atoms with E-state index in [1.165, 1.54) is 6.20 Å². The van der Waals surface area contributed by atoms with Crippen LogP contribution in [0.15, 0.2) is 24.8 Å². The number of hydrogen-bond acceptors (Lipinski definition) is 4. The first-order valence-electron chi connectivity index (χ1n) is 4.45. The number of aromatic nitrogens is 3. The fraction of sp³-hybridized carbons (Fsp3) is 0.200. The zero-order chi connectivity index (χ0) is 10.8. The maximum absolute atomic E-state index is 11.7. The second kappa shape index (κ2) is 3.50. The lowest BCUT2D eigenvalue weighted by molar-refractivity contribution is 0.0958. The summed E-state index contributed by atoms with van der Waals surface area (Å²) in [4.78, 5) is 15.7. The van der Waals surface area contributed by atoms with Gasteiger partial charge in [-0.05, 0) is 6.92 Å². The van der Waals surface area contributed by atoms with Crippen LogP contribution in [0.2, 0.25) is 0 Å². The minimum Gasteiger partial charge on any atom is -0.293 e. The second-order valence-corrected chi connectivity index (χ2v) is 3.18. The molecule has 0 bridgehead atoms. The lowest BCUT2D eigenvalue weighted by atomic mass is 10.0. The van der Waals surface area contributed by atoms with Crippen molar-refractivity contribution in [3.05, 3.63) is 30.4 Å². The Morgan fingerprint density at radius 1 is 1.60 bits per heavy atom. The van der Waals surface area contributed by atoms with Crippen molar-refractivity contribution in [2.75, 3.05) is 0 Å². The van der Waals surface area contributed by atoms with Gasteiger partial charge < -0.3 is 0 Å². The molecular formula is C10H8N4O. The van der Waals surface area contributed by atoms with Gasteiger partial charge in [-0.15, -0.1) is 0 Å². The number of nitriles is 1. The van der Waals surface area contributed by atoms with Gasteiger partial charge in [0.1, 0.15) is 5.92 Å². The molecule has 0 fully saturated rings. The van der Waals surface area contributed by atoms with E-state index in [4.69, 9.17) is 5.26 Å². The number of rotatable bonds is 2. The van der Waals surface area contributed by atoms with Crippen LogP contribution in [0, 0.1) is 17.2 Å². The average Bonchev–Trinajstić information content (AvgIpc) is 2.70. The number of fused-ring (bicyclic) bond motifs is 1. The molecule has 0 spiro atoms. The normalized spacial score (nSPS) is 12.3. The van der Waals surface area contributed by atoms with Crippen LogP contribution in [0.5, 0.6) is 0 Å². The predicted molar refractivity (Wildman–Crippen MR) is 52.1 cm³/mol. The highest BCUT2D eigenvalue weighted by Gasteiger charge is 2.18. The smallest absolute Gasteiger partial charge is 0.183 e. The maximum Gasteiger partial charge on any atom is 0.183 e. The van der Waals surface area contributed by atoms with Crippen molar-refractivity contribution in [1.29, 1.82) is 5.26 Å². The highest BCUT2D eigenvalue weighted by atomic mass is 16.1. The molecule has 2 aromatic rings. The summed E-state index contributed by atoms with van der Waals surface area (Å²) in [6.07, 6.45) is 6.27. The van der Waals surface area contributed by atoms with Crippen molar-refractivity contribution >= 4 is 11.3 Å². The molecule has 74 valence electrons. The molecule has 5 nitrogen and oxygen atoms in total. The fourth-order valence-electron chi connectivity index (χ4n) is 1.32. The minimum atomic E-state index is -0.654. The molecule has 0 amide bonds. The Balaban J connectivity index is 2.54. The molecule has 0 aliphatic rings. The number of hydrogen-bond donors (Lipinski definition) is 0. The zero-order valence-corrected chi connectivity index (χ0v) is 8.08. The number of nitrogens with zero attached hydrogens (tertiary/aromatic N) is 4. The van der Waals surface area contributed by atoms with Crippen LogP contribution in [0.1, 0.15) is 17.3 Å². The highest BCUT2D eigenvalue weighted by Crippen LogP contribution is 2.13. The fourth-order valence-corrected chi connectivity index (χ4v) is 1.32. The molecule has 0 radical (unpaired) electrons. The Hall–Kier alpha value is -2.22. The third kappa shape index (κ3) is 1.46. The van der Waals surface area contributed by atoms with Gasteiger partial charge in [0.15, 0.2) is 5.78 Å². The van der Waals surface area contributed by atoms with Crippen LogP contribution >= 0.6 is 0 Å². The van der Waals surface area contributed by atoms with Crippen LogP contribution < -0.4 is 0 Å². The molecule has 0 aliphatic carbocycles. The minimum absolute atomic E-state index is 0.222. The van der Waals surface area contributed by atoms with Crippen molar-refractivity contribution < 1.29 is 4.79 Å². The van der Waals surface area contributed by atoms with Gasteiger partial charge in [0.05, 0.1) is 29.5 Å². The van der Waals surface area contributed by atoms with Gasteiger partial charge >= 0.3 is 0 Å². The van der Waals surface area contributed by atoms with Gasteiger partial charge in [0, 0.05) is 12.4 Å². The first kappa shape index (κ1) is 9.34. The third-order valence-corrected chi connectivity index (χ3v) is 2.18. The summed E-state index contributed by atoms with van der Waals surface area (Å²) in [6.45, 7) is 1.57. The average molecular weight is 200 g/mol. The molecule has 0 aliphatic heterocycles. The van der Waals surface area contributed by atoms with Crippen molar-refractivity contribution in [3.8, 4) is 6.07 Å². The van der Waals surface area contributed by atoms with Gasteiger partial charge in [-0.25, -0.2) is 4.52 Å². The summed E-state index contributed by atoms with van der Waals surface area (Å²) in [5.74, 6) is -0.876. The Morgan fingerprint density at radius 3 is 3.13 bits per heavy atom. The summed E-state index contributed by atoms with van der Waals surface area (Å²) in [5, 5.41) is 12.7. The van der Waals surface area contributed by atoms with E-state index in [1.54, 1.807) is 30.0 Å². The van der Waals surface area contributed by atoms with Crippen LogP contribution in [0.4, 0.5) is 0 Å². The molecular weight excluding hydrogens is 192 g/mol. The molecule has 2 heterocycles. The quantitative estimate of drug-likeness (QED) is 0.680. The molecule has 2 rings (SSSR count). The lowest BCUT2D eigenvalue weighted by Gasteiger charge is -1.98. The van der Waals surface area contributed by atoms with Crippen molar-refractivity contribution in [1.82, 2.24) is 14.6 Å². The summed E-state index contributed by atoms with van der Waals surface area (Å²) < 4.78 is 1.56. The maximum atomic E-state index is 11.7. The SMILES string of the molecule is CC(C#N)C(=O)c1cnn2ccncc12. The zero-order valence-electron chi connectivity index (χ0n) is 8.08. The Kier molecular flexibility index (Phi) is 2.18. The van der Waals surface area contributed by atoms with E-state index >= 15 is 0 Å². The first-order valence-corrected chi connectivity index (χ1v) is 4.45. The molecule has 15 heavy (non-hydrogen) atoms. The molecule has 0 aromatic carbocycles. The van der Waals surface area contributed by atoms with Crippen LogP contribution in [0.3, 0.4) is 0 Å². The molecule has 1 unspecified atom stereocenters. The number of ketones is 1. The van der Waals surface area contributed by atoms with Crippen LogP contribution in [0.25, 0.3) is 5.52 Å². The standard InChI is InChI=1S/C10H8N4O/c1-7(4-11)10(15)8-5-13-14-3-2-12-6-9(8)14/h2-3,5-7H,1H3. The van der Waals surface area contributed by atoms with Gasteiger partial charge in [-0.2, -0.15) is 10.4 Å². The van der Waals surface area contributed by atoms with Gasteiger partial charge in [0.25, 0.3) is 0 Å². The Labute approximate surface area is 86.0 Å². The molecule has 0 N–H and O–H groups in total. The van der Waals surface area contributed by atoms with Crippen molar-refractivity contribution in [3.63, 3.8) is 0 Å². The van der Waals surface area contributed by atoms with Crippen molar-refractivity contribution in [2.24, 2.45) is 5.92 Å². The number of carbonyl (C=O) groups is 1. The Morgan fingerprint density at radius 2 is 2.40 bits per heavy atom. The van der Waals surface area contributed by atoms with Crippen LogP contribution in [-0.2, 0) is 0 Å². The molecule has 1 atom stereocenters. The van der Waals surface area contributed by atoms with E-state index in [-0.39, 0.29) is 5.78 Å². The lowest BCUT2D eigenvalue weighted by Crippen LogP contribution is -2.08. The highest BCUT2D eigenvalue weighted by molar-refractivity contribution is 6.04. The monoisotopic (exact) mass is 200 g/mol. The van der Waals surface area contributed by atoms with E-state index in [1.807, 2.05) is 6.07 Å². The largest absolute Gasteiger partial charge is 0.293 e. The third-order valence-electron chi connectivity index (χ3n) is 2.18. The summed E-state index contributed by atoms with van der Waals surface area (Å²) in [6, 6.07) is 1.91. The van der Waals surface area contributed by atoms with E-state index in [2.05, 4.69) is 10.1 Å². The van der Waals surface area contributed by atoms with Gasteiger partial charge in [-0.3, -0.25) is 9.78 Å². The Bertz CT molecular complexity index is 552. The number of Topliss-reactive ketones (excluding diaryl/α,β-unsaturated/α-hetero) is 1.